The summed E-state index contributed by atoms with van der Waals surface area (Å²) in [4.78, 5) is 6.82. The zero-order chi connectivity index (χ0) is 10.6. The van der Waals surface area contributed by atoms with Crippen LogP contribution in [0.5, 0.6) is 0 Å². The van der Waals surface area contributed by atoms with Crippen LogP contribution in [0, 0.1) is 0 Å². The van der Waals surface area contributed by atoms with Crippen molar-refractivity contribution in [2.75, 3.05) is 18.5 Å². The molecule has 0 saturated carbocycles. The third-order valence-corrected chi connectivity index (χ3v) is 2.30. The first-order valence-corrected chi connectivity index (χ1v) is 5.33. The summed E-state index contributed by atoms with van der Waals surface area (Å²) in [5.41, 5.74) is 1.17. The van der Waals surface area contributed by atoms with Crippen LogP contribution < -0.4 is 4.90 Å². The number of aromatic nitrogens is 1. The summed E-state index contributed by atoms with van der Waals surface area (Å²) < 4.78 is 0. The van der Waals surface area contributed by atoms with E-state index in [1.807, 2.05) is 0 Å². The van der Waals surface area contributed by atoms with E-state index in [1.54, 1.807) is 0 Å². The Kier molecular flexibility index (Phi) is 3.93. The van der Waals surface area contributed by atoms with Gasteiger partial charge in [0.05, 0.1) is 0 Å². The molecule has 1 heterocycles. The number of hydrogen-bond acceptors (Lipinski definition) is 2. The highest BCUT2D eigenvalue weighted by molar-refractivity contribution is 5.38. The zero-order valence-electron chi connectivity index (χ0n) is 9.62. The van der Waals surface area contributed by atoms with Crippen molar-refractivity contribution in [3.8, 4) is 0 Å². The van der Waals surface area contributed by atoms with E-state index < -0.39 is 0 Å². The van der Waals surface area contributed by atoms with Gasteiger partial charge in [-0.15, -0.1) is 0 Å². The van der Waals surface area contributed by atoms with Crippen molar-refractivity contribution in [2.24, 2.45) is 0 Å². The third-order valence-electron chi connectivity index (χ3n) is 2.30. The SMILES string of the molecule is CCCN(C)c1cccc(C(C)C)n1. The summed E-state index contributed by atoms with van der Waals surface area (Å²) in [6.07, 6.45) is 1.16. The van der Waals surface area contributed by atoms with Crippen molar-refractivity contribution in [2.45, 2.75) is 33.1 Å². The average Bonchev–Trinajstić information content (AvgIpc) is 2.18. The average molecular weight is 192 g/mol. The molecule has 1 aromatic rings. The van der Waals surface area contributed by atoms with Gasteiger partial charge in [0.15, 0.2) is 0 Å². The molecule has 1 rings (SSSR count). The molecule has 78 valence electrons. The highest BCUT2D eigenvalue weighted by Gasteiger charge is 2.04. The molecule has 14 heavy (non-hydrogen) atoms. The Morgan fingerprint density at radius 1 is 1.36 bits per heavy atom. The Morgan fingerprint density at radius 2 is 2.07 bits per heavy atom. The Bertz CT molecular complexity index is 281. The third kappa shape index (κ3) is 2.72. The second-order valence-corrected chi connectivity index (χ2v) is 4.00. The molecule has 0 spiro atoms. The predicted molar refractivity (Wildman–Crippen MR) is 61.9 cm³/mol. The summed E-state index contributed by atoms with van der Waals surface area (Å²) in [6, 6.07) is 6.25. The maximum absolute atomic E-state index is 4.62. The molecule has 0 fully saturated rings. The van der Waals surface area contributed by atoms with Gasteiger partial charge in [-0.05, 0) is 24.5 Å². The smallest absolute Gasteiger partial charge is 0.128 e. The van der Waals surface area contributed by atoms with E-state index in [1.165, 1.54) is 5.69 Å². The minimum atomic E-state index is 0.505. The number of anilines is 1. The van der Waals surface area contributed by atoms with Gasteiger partial charge in [-0.2, -0.15) is 0 Å². The Hall–Kier alpha value is -1.05. The van der Waals surface area contributed by atoms with Crippen molar-refractivity contribution >= 4 is 5.82 Å². The fourth-order valence-electron chi connectivity index (χ4n) is 1.42. The second-order valence-electron chi connectivity index (χ2n) is 4.00. The van der Waals surface area contributed by atoms with Gasteiger partial charge in [0, 0.05) is 19.3 Å². The fraction of sp³-hybridized carbons (Fsp3) is 0.583. The lowest BCUT2D eigenvalue weighted by molar-refractivity contribution is 0.795. The van der Waals surface area contributed by atoms with Gasteiger partial charge in [0.2, 0.25) is 0 Å². The van der Waals surface area contributed by atoms with Crippen LogP contribution in [0.2, 0.25) is 0 Å². The molecule has 0 amide bonds. The van der Waals surface area contributed by atoms with E-state index in [2.05, 4.69) is 55.9 Å². The van der Waals surface area contributed by atoms with E-state index in [0.717, 1.165) is 18.8 Å². The van der Waals surface area contributed by atoms with E-state index in [-0.39, 0.29) is 0 Å². The number of pyridine rings is 1. The second kappa shape index (κ2) is 4.99. The van der Waals surface area contributed by atoms with Crippen LogP contribution in [0.3, 0.4) is 0 Å². The lowest BCUT2D eigenvalue weighted by Crippen LogP contribution is -2.19. The molecule has 2 nitrogen and oxygen atoms in total. The van der Waals surface area contributed by atoms with Gasteiger partial charge < -0.3 is 4.90 Å². The quantitative estimate of drug-likeness (QED) is 0.729. The minimum Gasteiger partial charge on any atom is -0.360 e. The summed E-state index contributed by atoms with van der Waals surface area (Å²) in [5, 5.41) is 0. The molecule has 0 bridgehead atoms. The van der Waals surface area contributed by atoms with Crippen LogP contribution in [-0.4, -0.2) is 18.6 Å². The molecular formula is C12H20N2. The maximum atomic E-state index is 4.62. The summed E-state index contributed by atoms with van der Waals surface area (Å²) >= 11 is 0. The highest BCUT2D eigenvalue weighted by Crippen LogP contribution is 2.16. The van der Waals surface area contributed by atoms with Crippen molar-refractivity contribution in [1.29, 1.82) is 0 Å². The van der Waals surface area contributed by atoms with Crippen LogP contribution in [0.1, 0.15) is 38.8 Å². The molecule has 0 aromatic carbocycles. The molecule has 0 aliphatic rings. The standard InChI is InChI=1S/C12H20N2/c1-5-9-14(4)12-8-6-7-11(13-12)10(2)3/h6-8,10H,5,9H2,1-4H3. The van der Waals surface area contributed by atoms with E-state index in [0.29, 0.717) is 5.92 Å². The van der Waals surface area contributed by atoms with Crippen molar-refractivity contribution in [1.82, 2.24) is 4.98 Å². The monoisotopic (exact) mass is 192 g/mol. The predicted octanol–water partition coefficient (Wildman–Crippen LogP) is 3.05. The Balaban J connectivity index is 2.82. The van der Waals surface area contributed by atoms with Gasteiger partial charge in [-0.1, -0.05) is 26.8 Å². The summed E-state index contributed by atoms with van der Waals surface area (Å²) in [5.74, 6) is 1.59. The maximum Gasteiger partial charge on any atom is 0.128 e. The molecule has 0 saturated heterocycles. The van der Waals surface area contributed by atoms with Gasteiger partial charge in [0.25, 0.3) is 0 Å². The van der Waals surface area contributed by atoms with Crippen molar-refractivity contribution in [3.05, 3.63) is 23.9 Å². The van der Waals surface area contributed by atoms with Crippen molar-refractivity contribution < 1.29 is 0 Å². The fourth-order valence-corrected chi connectivity index (χ4v) is 1.42. The Morgan fingerprint density at radius 3 is 2.64 bits per heavy atom. The molecular weight excluding hydrogens is 172 g/mol. The highest BCUT2D eigenvalue weighted by atomic mass is 15.2. The topological polar surface area (TPSA) is 16.1 Å². The van der Waals surface area contributed by atoms with E-state index in [9.17, 15) is 0 Å². The lowest BCUT2D eigenvalue weighted by Gasteiger charge is -2.18. The van der Waals surface area contributed by atoms with E-state index in [4.69, 9.17) is 0 Å². The van der Waals surface area contributed by atoms with Gasteiger partial charge >= 0.3 is 0 Å². The molecule has 0 aliphatic carbocycles. The normalized spacial score (nSPS) is 10.6. The zero-order valence-corrected chi connectivity index (χ0v) is 9.62. The summed E-state index contributed by atoms with van der Waals surface area (Å²) in [7, 11) is 2.09. The lowest BCUT2D eigenvalue weighted by atomic mass is 10.1. The van der Waals surface area contributed by atoms with Crippen LogP contribution in [0.25, 0.3) is 0 Å². The number of hydrogen-bond donors (Lipinski definition) is 0. The molecule has 0 aliphatic heterocycles. The number of nitrogens with zero attached hydrogens (tertiary/aromatic N) is 2. The van der Waals surface area contributed by atoms with Crippen LogP contribution in [0.4, 0.5) is 5.82 Å². The molecule has 0 atom stereocenters. The van der Waals surface area contributed by atoms with Gasteiger partial charge in [-0.25, -0.2) is 4.98 Å². The largest absolute Gasteiger partial charge is 0.360 e. The van der Waals surface area contributed by atoms with Crippen molar-refractivity contribution in [3.63, 3.8) is 0 Å². The first-order valence-electron chi connectivity index (χ1n) is 5.33. The van der Waals surface area contributed by atoms with Crippen LogP contribution >= 0.6 is 0 Å². The van der Waals surface area contributed by atoms with Gasteiger partial charge in [0.1, 0.15) is 5.82 Å². The molecule has 0 unspecified atom stereocenters. The number of rotatable bonds is 4. The minimum absolute atomic E-state index is 0.505. The molecule has 0 N–H and O–H groups in total. The van der Waals surface area contributed by atoms with Crippen LogP contribution in [0.15, 0.2) is 18.2 Å². The van der Waals surface area contributed by atoms with Gasteiger partial charge in [-0.3, -0.25) is 0 Å². The molecule has 1 aromatic heterocycles. The summed E-state index contributed by atoms with van der Waals surface area (Å²) in [6.45, 7) is 7.59. The van der Waals surface area contributed by atoms with Crippen LogP contribution in [-0.2, 0) is 0 Å². The van der Waals surface area contributed by atoms with E-state index >= 15 is 0 Å². The Labute approximate surface area is 87.0 Å². The molecule has 2 heteroatoms. The molecule has 0 radical (unpaired) electrons. The first-order chi connectivity index (χ1) is 6.65. The first kappa shape index (κ1) is 11.0.